The fourth-order valence-corrected chi connectivity index (χ4v) is 0.177. The zero-order valence-electron chi connectivity index (χ0n) is 5.72. The summed E-state index contributed by atoms with van der Waals surface area (Å²) in [5, 5.41) is 16.7. The van der Waals surface area contributed by atoms with Gasteiger partial charge in [-0.15, -0.1) is 0 Å². The number of carbonyl (C=O) groups excluding carboxylic acids is 1. The Morgan fingerprint density at radius 1 is 1.67 bits per heavy atom. The maximum Gasteiger partial charge on any atom is 0.432 e. The SMILES string of the molecule is CCC(=O)NC.OBO. The Hall–Kier alpha value is -0.545. The summed E-state index contributed by atoms with van der Waals surface area (Å²) in [5.41, 5.74) is 0. The minimum atomic E-state index is -0.750. The summed E-state index contributed by atoms with van der Waals surface area (Å²) >= 11 is 0. The maximum atomic E-state index is 10.1. The number of hydrogen-bond acceptors (Lipinski definition) is 3. The second-order valence-electron chi connectivity index (χ2n) is 1.17. The minimum absolute atomic E-state index is 0.0926. The zero-order chi connectivity index (χ0) is 7.70. The average Bonchev–Trinajstić information content (AvgIpc) is 1.88. The molecule has 0 aromatic carbocycles. The van der Waals surface area contributed by atoms with E-state index in [4.69, 9.17) is 10.0 Å². The van der Waals surface area contributed by atoms with Crippen LogP contribution in [0.4, 0.5) is 0 Å². The molecule has 0 aliphatic carbocycles. The molecule has 0 aliphatic heterocycles. The van der Waals surface area contributed by atoms with E-state index < -0.39 is 7.69 Å². The zero-order valence-corrected chi connectivity index (χ0v) is 5.72. The van der Waals surface area contributed by atoms with Crippen molar-refractivity contribution in [2.75, 3.05) is 7.05 Å². The van der Waals surface area contributed by atoms with Gasteiger partial charge in [-0.3, -0.25) is 4.79 Å². The molecule has 0 aromatic rings. The van der Waals surface area contributed by atoms with Gasteiger partial charge in [-0.05, 0) is 0 Å². The summed E-state index contributed by atoms with van der Waals surface area (Å²) in [6, 6.07) is 0. The molecule has 0 heterocycles. The molecule has 0 saturated carbocycles. The van der Waals surface area contributed by atoms with Crippen LogP contribution in [0.2, 0.25) is 0 Å². The highest BCUT2D eigenvalue weighted by Crippen LogP contribution is 1.68. The molecule has 5 heteroatoms. The molecule has 0 bridgehead atoms. The van der Waals surface area contributed by atoms with Crippen LogP contribution < -0.4 is 5.32 Å². The first kappa shape index (κ1) is 11.3. The Balaban J connectivity index is 0. The van der Waals surface area contributed by atoms with E-state index in [-0.39, 0.29) is 5.91 Å². The van der Waals surface area contributed by atoms with E-state index in [1.807, 2.05) is 6.92 Å². The molecule has 0 aliphatic rings. The number of rotatable bonds is 1. The predicted octanol–water partition coefficient (Wildman–Crippen LogP) is -1.62. The van der Waals surface area contributed by atoms with Crippen LogP contribution in [0, 0.1) is 0 Å². The van der Waals surface area contributed by atoms with Crippen molar-refractivity contribution in [1.29, 1.82) is 0 Å². The predicted molar refractivity (Wildman–Crippen MR) is 35.9 cm³/mol. The molecule has 0 aromatic heterocycles. The normalized spacial score (nSPS) is 6.67. The molecule has 1 amide bonds. The van der Waals surface area contributed by atoms with E-state index >= 15 is 0 Å². The fraction of sp³-hybridized carbons (Fsp3) is 0.750. The first-order chi connectivity index (χ1) is 4.22. The lowest BCUT2D eigenvalue weighted by Crippen LogP contribution is -2.15. The van der Waals surface area contributed by atoms with Gasteiger partial charge in [0.05, 0.1) is 0 Å². The summed E-state index contributed by atoms with van der Waals surface area (Å²) in [7, 11) is 0.881. The number of carbonyl (C=O) groups is 1. The van der Waals surface area contributed by atoms with Gasteiger partial charge in [-0.25, -0.2) is 0 Å². The third-order valence-electron chi connectivity index (χ3n) is 0.600. The van der Waals surface area contributed by atoms with Crippen LogP contribution in [0.5, 0.6) is 0 Å². The first-order valence-electron chi connectivity index (χ1n) is 2.65. The topological polar surface area (TPSA) is 69.6 Å². The third kappa shape index (κ3) is 18.6. The van der Waals surface area contributed by atoms with E-state index in [9.17, 15) is 4.79 Å². The van der Waals surface area contributed by atoms with Gasteiger partial charge < -0.3 is 15.4 Å². The van der Waals surface area contributed by atoms with E-state index in [1.54, 1.807) is 7.05 Å². The number of hydrogen-bond donors (Lipinski definition) is 3. The standard InChI is InChI=1S/C4H9NO.BH3O2/c1-3-4(6)5-2;2-1-3/h3H2,1-2H3,(H,5,6);1-3H. The highest BCUT2D eigenvalue weighted by atomic mass is 16.4. The Morgan fingerprint density at radius 2 is 2.00 bits per heavy atom. The molecular weight excluding hydrogens is 121 g/mol. The van der Waals surface area contributed by atoms with E-state index in [0.717, 1.165) is 0 Å². The van der Waals surface area contributed by atoms with Crippen molar-refractivity contribution in [3.05, 3.63) is 0 Å². The summed E-state index contributed by atoms with van der Waals surface area (Å²) in [4.78, 5) is 10.1. The van der Waals surface area contributed by atoms with Crippen LogP contribution in [0.3, 0.4) is 0 Å². The molecule has 0 radical (unpaired) electrons. The second kappa shape index (κ2) is 10.4. The van der Waals surface area contributed by atoms with Crippen molar-refractivity contribution in [2.45, 2.75) is 13.3 Å². The van der Waals surface area contributed by atoms with E-state index in [0.29, 0.717) is 6.42 Å². The van der Waals surface area contributed by atoms with Crippen molar-refractivity contribution in [3.63, 3.8) is 0 Å². The minimum Gasteiger partial charge on any atom is -0.430 e. The van der Waals surface area contributed by atoms with Gasteiger partial charge in [0.15, 0.2) is 0 Å². The van der Waals surface area contributed by atoms with Gasteiger partial charge in [-0.2, -0.15) is 0 Å². The van der Waals surface area contributed by atoms with Crippen molar-refractivity contribution < 1.29 is 14.8 Å². The molecule has 3 N–H and O–H groups in total. The third-order valence-corrected chi connectivity index (χ3v) is 0.600. The summed E-state index contributed by atoms with van der Waals surface area (Å²) < 4.78 is 0. The average molecular weight is 133 g/mol. The van der Waals surface area contributed by atoms with Crippen molar-refractivity contribution >= 4 is 13.6 Å². The number of amides is 1. The molecule has 9 heavy (non-hydrogen) atoms. The van der Waals surface area contributed by atoms with Crippen molar-refractivity contribution in [1.82, 2.24) is 5.32 Å². The van der Waals surface area contributed by atoms with Gasteiger partial charge in [0, 0.05) is 13.5 Å². The lowest BCUT2D eigenvalue weighted by atomic mass is 10.5. The number of nitrogens with one attached hydrogen (secondary N) is 1. The Kier molecular flexibility index (Phi) is 13.1. The lowest BCUT2D eigenvalue weighted by Gasteiger charge is -1.87. The highest BCUT2D eigenvalue weighted by molar-refractivity contribution is 6.13. The van der Waals surface area contributed by atoms with Gasteiger partial charge in [-0.1, -0.05) is 6.92 Å². The Morgan fingerprint density at radius 3 is 2.00 bits per heavy atom. The second-order valence-corrected chi connectivity index (χ2v) is 1.17. The van der Waals surface area contributed by atoms with E-state index in [2.05, 4.69) is 5.32 Å². The highest BCUT2D eigenvalue weighted by Gasteiger charge is 1.84. The molecule has 0 atom stereocenters. The Labute approximate surface area is 55.2 Å². The summed E-state index contributed by atoms with van der Waals surface area (Å²) in [5.74, 6) is 0.0926. The van der Waals surface area contributed by atoms with Crippen LogP contribution in [0.1, 0.15) is 13.3 Å². The quantitative estimate of drug-likeness (QED) is 0.376. The molecule has 0 rings (SSSR count). The van der Waals surface area contributed by atoms with Gasteiger partial charge in [0.25, 0.3) is 0 Å². The van der Waals surface area contributed by atoms with Crippen LogP contribution in [0.25, 0.3) is 0 Å². The summed E-state index contributed by atoms with van der Waals surface area (Å²) in [6.07, 6.45) is 0.580. The van der Waals surface area contributed by atoms with Gasteiger partial charge in [0.2, 0.25) is 5.91 Å². The lowest BCUT2D eigenvalue weighted by molar-refractivity contribution is -0.120. The molecule has 4 nitrogen and oxygen atoms in total. The van der Waals surface area contributed by atoms with Crippen LogP contribution in [-0.4, -0.2) is 30.7 Å². The monoisotopic (exact) mass is 133 g/mol. The van der Waals surface area contributed by atoms with Gasteiger partial charge >= 0.3 is 7.69 Å². The van der Waals surface area contributed by atoms with Crippen molar-refractivity contribution in [3.8, 4) is 0 Å². The van der Waals surface area contributed by atoms with Crippen LogP contribution in [0.15, 0.2) is 0 Å². The molecule has 0 fully saturated rings. The molecule has 54 valence electrons. The largest absolute Gasteiger partial charge is 0.432 e. The molecule has 0 saturated heterocycles. The molecule has 0 unspecified atom stereocenters. The van der Waals surface area contributed by atoms with Crippen molar-refractivity contribution in [2.24, 2.45) is 0 Å². The fourth-order valence-electron chi connectivity index (χ4n) is 0.177. The smallest absolute Gasteiger partial charge is 0.430 e. The van der Waals surface area contributed by atoms with Crippen LogP contribution in [-0.2, 0) is 4.79 Å². The van der Waals surface area contributed by atoms with E-state index in [1.165, 1.54) is 0 Å². The maximum absolute atomic E-state index is 10.1. The molecular formula is C4H12BNO3. The van der Waals surface area contributed by atoms with Gasteiger partial charge in [0.1, 0.15) is 0 Å². The Bertz CT molecular complexity index is 62.8. The molecule has 0 spiro atoms. The van der Waals surface area contributed by atoms with Crippen LogP contribution >= 0.6 is 0 Å². The summed E-state index contributed by atoms with van der Waals surface area (Å²) in [6.45, 7) is 1.82. The first-order valence-corrected chi connectivity index (χ1v) is 2.65.